The molecular formula is C14H30O. The topological polar surface area (TPSA) is 20.2 Å². The van der Waals surface area contributed by atoms with Crippen molar-refractivity contribution in [3.8, 4) is 0 Å². The molecule has 0 aliphatic carbocycles. The first-order chi connectivity index (χ1) is 7.11. The van der Waals surface area contributed by atoms with Gasteiger partial charge in [0, 0.05) is 0 Å². The van der Waals surface area contributed by atoms with E-state index in [1.807, 2.05) is 0 Å². The van der Waals surface area contributed by atoms with Crippen LogP contribution in [0.25, 0.3) is 0 Å². The number of aliphatic hydroxyl groups excluding tert-OH is 1. The molecule has 0 aliphatic heterocycles. The van der Waals surface area contributed by atoms with Crippen LogP contribution in [0.2, 0.25) is 0 Å². The van der Waals surface area contributed by atoms with Gasteiger partial charge in [-0.15, -0.1) is 0 Å². The average Bonchev–Trinajstić information content (AvgIpc) is 2.23. The molecule has 0 rings (SSSR count). The summed E-state index contributed by atoms with van der Waals surface area (Å²) in [6, 6.07) is 0. The van der Waals surface area contributed by atoms with Gasteiger partial charge in [-0.2, -0.15) is 0 Å². The fourth-order valence-electron chi connectivity index (χ4n) is 1.99. The lowest BCUT2D eigenvalue weighted by Crippen LogP contribution is -2.16. The van der Waals surface area contributed by atoms with Gasteiger partial charge in [-0.05, 0) is 24.7 Å². The molecule has 0 aromatic carbocycles. The normalized spacial score (nSPS) is 17.4. The molecule has 0 radical (unpaired) electrons. The maximum atomic E-state index is 9.86. The van der Waals surface area contributed by atoms with Crippen molar-refractivity contribution in [3.05, 3.63) is 0 Å². The molecule has 0 bridgehead atoms. The van der Waals surface area contributed by atoms with E-state index >= 15 is 0 Å². The molecule has 0 amide bonds. The van der Waals surface area contributed by atoms with Crippen LogP contribution in [-0.2, 0) is 0 Å². The van der Waals surface area contributed by atoms with E-state index in [2.05, 4.69) is 27.7 Å². The van der Waals surface area contributed by atoms with Crippen molar-refractivity contribution in [1.82, 2.24) is 0 Å². The highest BCUT2D eigenvalue weighted by atomic mass is 16.3. The van der Waals surface area contributed by atoms with E-state index in [1.54, 1.807) is 0 Å². The molecule has 1 nitrogen and oxygen atoms in total. The van der Waals surface area contributed by atoms with E-state index in [1.165, 1.54) is 32.1 Å². The van der Waals surface area contributed by atoms with E-state index in [4.69, 9.17) is 0 Å². The molecule has 3 atom stereocenters. The molecule has 0 saturated carbocycles. The van der Waals surface area contributed by atoms with Crippen LogP contribution in [0, 0.1) is 11.8 Å². The van der Waals surface area contributed by atoms with Crippen LogP contribution in [-0.4, -0.2) is 11.2 Å². The highest BCUT2D eigenvalue weighted by Crippen LogP contribution is 2.21. The number of hydrogen-bond acceptors (Lipinski definition) is 1. The maximum absolute atomic E-state index is 9.86. The molecule has 0 spiro atoms. The zero-order valence-electron chi connectivity index (χ0n) is 11.1. The number of aliphatic hydroxyl groups is 1. The highest BCUT2D eigenvalue weighted by Gasteiger charge is 2.14. The van der Waals surface area contributed by atoms with Crippen LogP contribution in [0.3, 0.4) is 0 Å². The summed E-state index contributed by atoms with van der Waals surface area (Å²) < 4.78 is 0. The predicted octanol–water partition coefficient (Wildman–Crippen LogP) is 4.39. The standard InChI is InChI=1S/C14H30O/c1-5-7-8-9-10-14(15)11-13(4)12(3)6-2/h12-15H,5-11H2,1-4H3. The molecule has 15 heavy (non-hydrogen) atoms. The van der Waals surface area contributed by atoms with E-state index in [-0.39, 0.29) is 6.10 Å². The summed E-state index contributed by atoms with van der Waals surface area (Å²) in [4.78, 5) is 0. The first kappa shape index (κ1) is 15.0. The first-order valence-corrected chi connectivity index (χ1v) is 6.79. The Labute approximate surface area is 96.3 Å². The second-order valence-corrected chi connectivity index (χ2v) is 5.10. The minimum Gasteiger partial charge on any atom is -0.393 e. The molecule has 1 N–H and O–H groups in total. The van der Waals surface area contributed by atoms with Crippen molar-refractivity contribution >= 4 is 0 Å². The average molecular weight is 214 g/mol. The second kappa shape index (κ2) is 9.21. The van der Waals surface area contributed by atoms with Crippen LogP contribution < -0.4 is 0 Å². The Morgan fingerprint density at radius 1 is 0.933 bits per heavy atom. The Hall–Kier alpha value is -0.0400. The summed E-state index contributed by atoms with van der Waals surface area (Å²) in [7, 11) is 0. The minimum atomic E-state index is -0.0640. The monoisotopic (exact) mass is 214 g/mol. The third-order valence-electron chi connectivity index (χ3n) is 3.65. The van der Waals surface area contributed by atoms with Gasteiger partial charge in [-0.3, -0.25) is 0 Å². The lowest BCUT2D eigenvalue weighted by molar-refractivity contribution is 0.119. The van der Waals surface area contributed by atoms with Gasteiger partial charge in [0.25, 0.3) is 0 Å². The third-order valence-corrected chi connectivity index (χ3v) is 3.65. The number of rotatable bonds is 9. The summed E-state index contributed by atoms with van der Waals surface area (Å²) >= 11 is 0. The van der Waals surface area contributed by atoms with Gasteiger partial charge in [0.05, 0.1) is 6.10 Å². The Kier molecular flexibility index (Phi) is 9.18. The molecule has 0 aliphatic rings. The van der Waals surface area contributed by atoms with Crippen molar-refractivity contribution in [2.45, 2.75) is 78.7 Å². The molecule has 0 saturated heterocycles. The lowest BCUT2D eigenvalue weighted by Gasteiger charge is -2.21. The molecule has 1 heteroatoms. The van der Waals surface area contributed by atoms with Gasteiger partial charge >= 0.3 is 0 Å². The van der Waals surface area contributed by atoms with Gasteiger partial charge in [0.2, 0.25) is 0 Å². The van der Waals surface area contributed by atoms with Crippen molar-refractivity contribution in [2.24, 2.45) is 11.8 Å². The maximum Gasteiger partial charge on any atom is 0.0542 e. The smallest absolute Gasteiger partial charge is 0.0542 e. The number of unbranched alkanes of at least 4 members (excludes halogenated alkanes) is 3. The molecule has 92 valence electrons. The molecule has 0 aromatic heterocycles. The largest absolute Gasteiger partial charge is 0.393 e. The third kappa shape index (κ3) is 7.84. The molecule has 0 heterocycles. The highest BCUT2D eigenvalue weighted by molar-refractivity contribution is 4.66. The fourth-order valence-corrected chi connectivity index (χ4v) is 1.99. The second-order valence-electron chi connectivity index (χ2n) is 5.10. The van der Waals surface area contributed by atoms with Crippen molar-refractivity contribution < 1.29 is 5.11 Å². The zero-order chi connectivity index (χ0) is 11.7. The van der Waals surface area contributed by atoms with Crippen molar-refractivity contribution in [3.63, 3.8) is 0 Å². The molecular weight excluding hydrogens is 184 g/mol. The van der Waals surface area contributed by atoms with Gasteiger partial charge in [0.1, 0.15) is 0 Å². The van der Waals surface area contributed by atoms with E-state index in [0.29, 0.717) is 5.92 Å². The van der Waals surface area contributed by atoms with Crippen LogP contribution in [0.1, 0.15) is 72.6 Å². The zero-order valence-corrected chi connectivity index (χ0v) is 11.1. The Bertz CT molecular complexity index is 133. The summed E-state index contributed by atoms with van der Waals surface area (Å²) in [5.74, 6) is 1.41. The van der Waals surface area contributed by atoms with Gasteiger partial charge in [0.15, 0.2) is 0 Å². The van der Waals surface area contributed by atoms with Crippen molar-refractivity contribution in [1.29, 1.82) is 0 Å². The van der Waals surface area contributed by atoms with Crippen LogP contribution in [0.4, 0.5) is 0 Å². The van der Waals surface area contributed by atoms with Gasteiger partial charge < -0.3 is 5.11 Å². The number of hydrogen-bond donors (Lipinski definition) is 1. The Morgan fingerprint density at radius 2 is 1.60 bits per heavy atom. The van der Waals surface area contributed by atoms with Crippen LogP contribution in [0.15, 0.2) is 0 Å². The molecule has 0 fully saturated rings. The molecule has 0 aromatic rings. The van der Waals surface area contributed by atoms with E-state index < -0.39 is 0 Å². The van der Waals surface area contributed by atoms with Gasteiger partial charge in [-0.25, -0.2) is 0 Å². The summed E-state index contributed by atoms with van der Waals surface area (Å²) in [6.45, 7) is 9.01. The summed E-state index contributed by atoms with van der Waals surface area (Å²) in [5, 5.41) is 9.86. The predicted molar refractivity (Wildman–Crippen MR) is 68.0 cm³/mol. The summed E-state index contributed by atoms with van der Waals surface area (Å²) in [5.41, 5.74) is 0. The van der Waals surface area contributed by atoms with Crippen molar-refractivity contribution in [2.75, 3.05) is 0 Å². The van der Waals surface area contributed by atoms with Crippen LogP contribution in [0.5, 0.6) is 0 Å². The lowest BCUT2D eigenvalue weighted by atomic mass is 9.87. The molecule has 3 unspecified atom stereocenters. The quantitative estimate of drug-likeness (QED) is 0.564. The summed E-state index contributed by atoms with van der Waals surface area (Å²) in [6.07, 6.45) is 8.22. The van der Waals surface area contributed by atoms with E-state index in [9.17, 15) is 5.11 Å². The van der Waals surface area contributed by atoms with E-state index in [0.717, 1.165) is 18.8 Å². The first-order valence-electron chi connectivity index (χ1n) is 6.79. The SMILES string of the molecule is CCCCCCC(O)CC(C)C(C)CC. The van der Waals surface area contributed by atoms with Crippen LogP contribution >= 0.6 is 0 Å². The Morgan fingerprint density at radius 3 is 2.13 bits per heavy atom. The minimum absolute atomic E-state index is 0.0640. The Balaban J connectivity index is 3.50. The fraction of sp³-hybridized carbons (Fsp3) is 1.00. The van der Waals surface area contributed by atoms with Gasteiger partial charge in [-0.1, -0.05) is 59.8 Å².